The topological polar surface area (TPSA) is 83.6 Å². The summed E-state index contributed by atoms with van der Waals surface area (Å²) >= 11 is 0. The van der Waals surface area contributed by atoms with E-state index in [-0.39, 0.29) is 17.0 Å². The molecule has 0 aliphatic carbocycles. The first-order chi connectivity index (χ1) is 7.06. The third kappa shape index (κ3) is 2.54. The van der Waals surface area contributed by atoms with Crippen molar-refractivity contribution in [2.45, 2.75) is 6.92 Å². The summed E-state index contributed by atoms with van der Waals surface area (Å²) in [5.41, 5.74) is 0.351. The number of carbonyl (C=O) groups is 2. The number of carboxylic acids is 1. The quantitative estimate of drug-likeness (QED) is 0.435. The first-order valence-corrected chi connectivity index (χ1v) is 4.46. The lowest BCUT2D eigenvalue weighted by atomic mass is 10.1. The van der Waals surface area contributed by atoms with Crippen LogP contribution in [0.15, 0.2) is 24.3 Å². The van der Waals surface area contributed by atoms with Gasteiger partial charge in [-0.05, 0) is 25.1 Å². The molecule has 0 spiro atoms. The molecule has 0 unspecified atom stereocenters. The van der Waals surface area contributed by atoms with E-state index in [1.807, 2.05) is 0 Å². The van der Waals surface area contributed by atoms with Crippen LogP contribution < -0.4 is 5.84 Å². The molecule has 80 valence electrons. The fraction of sp³-hybridized carbons (Fsp3) is 0.200. The normalized spacial score (nSPS) is 9.73. The zero-order valence-electron chi connectivity index (χ0n) is 8.30. The van der Waals surface area contributed by atoms with Gasteiger partial charge in [-0.1, -0.05) is 6.07 Å². The second kappa shape index (κ2) is 4.56. The van der Waals surface area contributed by atoms with Crippen molar-refractivity contribution in [2.75, 3.05) is 6.54 Å². The van der Waals surface area contributed by atoms with Gasteiger partial charge in [0.2, 0.25) is 0 Å². The summed E-state index contributed by atoms with van der Waals surface area (Å²) in [5, 5.41) is 9.76. The minimum atomic E-state index is -1.07. The molecule has 0 bridgehead atoms. The highest BCUT2D eigenvalue weighted by Crippen LogP contribution is 2.07. The van der Waals surface area contributed by atoms with Crippen molar-refractivity contribution in [3.63, 3.8) is 0 Å². The molecule has 0 aliphatic rings. The van der Waals surface area contributed by atoms with E-state index in [0.717, 1.165) is 5.01 Å². The van der Waals surface area contributed by atoms with Crippen molar-refractivity contribution in [1.82, 2.24) is 5.01 Å². The monoisotopic (exact) mass is 208 g/mol. The maximum atomic E-state index is 11.6. The highest BCUT2D eigenvalue weighted by Gasteiger charge is 2.12. The van der Waals surface area contributed by atoms with Crippen LogP contribution in [0.1, 0.15) is 27.6 Å². The lowest BCUT2D eigenvalue weighted by Crippen LogP contribution is -2.37. The molecule has 0 aliphatic heterocycles. The Bertz CT molecular complexity index is 390. The highest BCUT2D eigenvalue weighted by molar-refractivity contribution is 5.97. The van der Waals surface area contributed by atoms with Crippen molar-refractivity contribution < 1.29 is 14.7 Å². The average Bonchev–Trinajstić information content (AvgIpc) is 2.27. The summed E-state index contributed by atoms with van der Waals surface area (Å²) in [6.45, 7) is 2.11. The van der Waals surface area contributed by atoms with Crippen LogP contribution in [0, 0.1) is 0 Å². The van der Waals surface area contributed by atoms with Gasteiger partial charge in [-0.15, -0.1) is 0 Å². The van der Waals surface area contributed by atoms with Crippen molar-refractivity contribution >= 4 is 11.9 Å². The molecule has 0 saturated carbocycles. The van der Waals surface area contributed by atoms with E-state index >= 15 is 0 Å². The first-order valence-electron chi connectivity index (χ1n) is 4.46. The van der Waals surface area contributed by atoms with Crippen LogP contribution in [0.4, 0.5) is 0 Å². The predicted octanol–water partition coefficient (Wildman–Crippen LogP) is 0.721. The average molecular weight is 208 g/mol. The van der Waals surface area contributed by atoms with Crippen molar-refractivity contribution in [3.8, 4) is 0 Å². The van der Waals surface area contributed by atoms with Gasteiger partial charge in [-0.3, -0.25) is 9.80 Å². The van der Waals surface area contributed by atoms with E-state index in [1.165, 1.54) is 24.3 Å². The molecular weight excluding hydrogens is 196 g/mol. The number of nitrogens with two attached hydrogens (primary N) is 1. The molecule has 5 heteroatoms. The molecule has 0 radical (unpaired) electrons. The zero-order chi connectivity index (χ0) is 11.4. The molecule has 5 nitrogen and oxygen atoms in total. The van der Waals surface area contributed by atoms with E-state index in [1.54, 1.807) is 6.92 Å². The largest absolute Gasteiger partial charge is 0.478 e. The molecule has 1 amide bonds. The molecule has 0 atom stereocenters. The molecule has 3 N–H and O–H groups in total. The number of hydrogen-bond acceptors (Lipinski definition) is 3. The van der Waals surface area contributed by atoms with E-state index in [0.29, 0.717) is 6.54 Å². The Morgan fingerprint density at radius 3 is 2.53 bits per heavy atom. The predicted molar refractivity (Wildman–Crippen MR) is 54.3 cm³/mol. The summed E-state index contributed by atoms with van der Waals surface area (Å²) in [4.78, 5) is 22.2. The smallest absolute Gasteiger partial charge is 0.335 e. The van der Waals surface area contributed by atoms with Gasteiger partial charge in [0, 0.05) is 12.1 Å². The minimum absolute atomic E-state index is 0.0744. The lowest BCUT2D eigenvalue weighted by Gasteiger charge is -2.13. The van der Waals surface area contributed by atoms with Crippen molar-refractivity contribution in [1.29, 1.82) is 0 Å². The maximum Gasteiger partial charge on any atom is 0.335 e. The summed E-state index contributed by atoms with van der Waals surface area (Å²) in [7, 11) is 0. The van der Waals surface area contributed by atoms with Crippen LogP contribution in [0.25, 0.3) is 0 Å². The second-order valence-electron chi connectivity index (χ2n) is 2.98. The SMILES string of the molecule is CCN(N)C(=O)c1cccc(C(=O)O)c1. The van der Waals surface area contributed by atoms with Crippen LogP contribution >= 0.6 is 0 Å². The number of hydrogen-bond donors (Lipinski definition) is 2. The van der Waals surface area contributed by atoms with Crippen LogP contribution in [0.5, 0.6) is 0 Å². The Balaban J connectivity index is 3.00. The molecule has 0 fully saturated rings. The number of amides is 1. The standard InChI is InChI=1S/C10H12N2O3/c1-2-12(11)9(13)7-4-3-5-8(6-7)10(14)15/h3-6H,2,11H2,1H3,(H,14,15). The first kappa shape index (κ1) is 11.2. The Morgan fingerprint density at radius 1 is 1.40 bits per heavy atom. The Hall–Kier alpha value is -1.88. The van der Waals surface area contributed by atoms with Gasteiger partial charge in [0.25, 0.3) is 5.91 Å². The van der Waals surface area contributed by atoms with E-state index in [9.17, 15) is 9.59 Å². The lowest BCUT2D eigenvalue weighted by molar-refractivity contribution is 0.0697. The third-order valence-electron chi connectivity index (χ3n) is 1.96. The van der Waals surface area contributed by atoms with Crippen molar-refractivity contribution in [3.05, 3.63) is 35.4 Å². The number of carboxylic acid groups (broad SMARTS) is 1. The van der Waals surface area contributed by atoms with Crippen LogP contribution in [0.2, 0.25) is 0 Å². The fourth-order valence-electron chi connectivity index (χ4n) is 1.09. The van der Waals surface area contributed by atoms with Gasteiger partial charge in [-0.2, -0.15) is 0 Å². The van der Waals surface area contributed by atoms with Gasteiger partial charge in [-0.25, -0.2) is 10.6 Å². The van der Waals surface area contributed by atoms with Gasteiger partial charge >= 0.3 is 5.97 Å². The highest BCUT2D eigenvalue weighted by atomic mass is 16.4. The number of nitrogens with zero attached hydrogens (tertiary/aromatic N) is 1. The van der Waals surface area contributed by atoms with Crippen LogP contribution in [-0.2, 0) is 0 Å². The number of benzene rings is 1. The number of aromatic carboxylic acids is 1. The number of carbonyl (C=O) groups excluding carboxylic acids is 1. The van der Waals surface area contributed by atoms with Gasteiger partial charge < -0.3 is 5.11 Å². The summed E-state index contributed by atoms with van der Waals surface area (Å²) in [6.07, 6.45) is 0. The molecule has 1 aromatic carbocycles. The fourth-order valence-corrected chi connectivity index (χ4v) is 1.09. The maximum absolute atomic E-state index is 11.6. The molecule has 1 rings (SSSR count). The van der Waals surface area contributed by atoms with E-state index < -0.39 is 5.97 Å². The molecular formula is C10H12N2O3. The number of rotatable bonds is 3. The van der Waals surface area contributed by atoms with Gasteiger partial charge in [0.1, 0.15) is 0 Å². The summed E-state index contributed by atoms with van der Waals surface area (Å²) in [5.74, 6) is 3.96. The van der Waals surface area contributed by atoms with E-state index in [4.69, 9.17) is 10.9 Å². The molecule has 0 aromatic heterocycles. The molecule has 15 heavy (non-hydrogen) atoms. The van der Waals surface area contributed by atoms with Gasteiger partial charge in [0.05, 0.1) is 5.56 Å². The Morgan fingerprint density at radius 2 is 2.00 bits per heavy atom. The van der Waals surface area contributed by atoms with E-state index in [2.05, 4.69) is 0 Å². The summed E-state index contributed by atoms with van der Waals surface area (Å²) in [6, 6.07) is 5.77. The Labute approximate surface area is 87.1 Å². The number of hydrazine groups is 1. The summed E-state index contributed by atoms with van der Waals surface area (Å²) < 4.78 is 0. The third-order valence-corrected chi connectivity index (χ3v) is 1.96. The molecule has 1 aromatic rings. The minimum Gasteiger partial charge on any atom is -0.478 e. The second-order valence-corrected chi connectivity index (χ2v) is 2.98. The Kier molecular flexibility index (Phi) is 3.41. The molecule has 0 saturated heterocycles. The van der Waals surface area contributed by atoms with Gasteiger partial charge in [0.15, 0.2) is 0 Å². The van der Waals surface area contributed by atoms with Crippen LogP contribution in [0.3, 0.4) is 0 Å². The molecule has 0 heterocycles. The van der Waals surface area contributed by atoms with Crippen LogP contribution in [-0.4, -0.2) is 28.5 Å². The zero-order valence-corrected chi connectivity index (χ0v) is 8.30. The van der Waals surface area contributed by atoms with Crippen molar-refractivity contribution in [2.24, 2.45) is 5.84 Å².